The van der Waals surface area contributed by atoms with E-state index < -0.39 is 0 Å². The topological polar surface area (TPSA) is 35.6 Å². The number of hydrogen-bond donors (Lipinski definition) is 0. The van der Waals surface area contributed by atoms with E-state index in [2.05, 4.69) is 193 Å². The first-order valence-electron chi connectivity index (χ1n) is 17.8. The molecule has 0 saturated carbocycles. The first-order chi connectivity index (χ1) is 25.6. The molecule has 4 nitrogen and oxygen atoms in total. The van der Waals surface area contributed by atoms with Crippen LogP contribution in [0.25, 0.3) is 88.9 Å². The van der Waals surface area contributed by atoms with Crippen molar-refractivity contribution in [2.45, 2.75) is 13.8 Å². The summed E-state index contributed by atoms with van der Waals surface area (Å²) in [5.74, 6) is 0. The average molecular weight is 667 g/mol. The van der Waals surface area contributed by atoms with Crippen LogP contribution in [-0.4, -0.2) is 19.1 Å². The molecule has 4 heteroatoms. The minimum atomic E-state index is 0.840. The van der Waals surface area contributed by atoms with E-state index in [1.54, 1.807) is 0 Å². The second-order valence-electron chi connectivity index (χ2n) is 13.5. The predicted molar refractivity (Wildman–Crippen MR) is 216 cm³/mol. The molecule has 0 radical (unpaired) electrons. The molecular formula is C48H34N4. The number of nitrogens with zero attached hydrogens (tertiary/aromatic N) is 4. The molecule has 0 saturated heterocycles. The van der Waals surface area contributed by atoms with Gasteiger partial charge in [-0.05, 0) is 91.7 Å². The molecule has 4 aromatic heterocycles. The lowest BCUT2D eigenvalue weighted by atomic mass is 10.0. The third-order valence-electron chi connectivity index (χ3n) is 10.4. The van der Waals surface area contributed by atoms with E-state index in [0.29, 0.717) is 0 Å². The van der Waals surface area contributed by atoms with Gasteiger partial charge in [-0.25, -0.2) is 9.97 Å². The van der Waals surface area contributed by atoms with Crippen LogP contribution in [0.1, 0.15) is 11.1 Å². The standard InChI is InChI=1S/C48H34N4/c1-31-28-29-33(51-43-23-7-3-15-34(43)35-16-4-8-24-44(35)51)30-38(31)39-19-12-20-40(49-39)41-21-13-22-42(50-41)48-32(2)14-11-27-47(48)52-45-25-9-5-17-36(45)37-18-6-10-26-46(37)52/h3-30H,1-2H3. The van der Waals surface area contributed by atoms with Gasteiger partial charge in [-0.2, -0.15) is 0 Å². The predicted octanol–water partition coefficient (Wildman–Crippen LogP) is 12.3. The van der Waals surface area contributed by atoms with Crippen molar-refractivity contribution in [3.05, 3.63) is 181 Å². The number of aromatic nitrogens is 4. The second kappa shape index (κ2) is 11.9. The van der Waals surface area contributed by atoms with E-state index in [0.717, 1.165) is 45.3 Å². The summed E-state index contributed by atoms with van der Waals surface area (Å²) in [4.78, 5) is 10.6. The van der Waals surface area contributed by atoms with Gasteiger partial charge >= 0.3 is 0 Å². The first-order valence-corrected chi connectivity index (χ1v) is 17.8. The monoisotopic (exact) mass is 666 g/mol. The zero-order valence-corrected chi connectivity index (χ0v) is 29.0. The van der Waals surface area contributed by atoms with Crippen LogP contribution >= 0.6 is 0 Å². The highest BCUT2D eigenvalue weighted by molar-refractivity contribution is 6.10. The average Bonchev–Trinajstić information content (AvgIpc) is 3.71. The van der Waals surface area contributed by atoms with Gasteiger partial charge in [0.1, 0.15) is 0 Å². The Morgan fingerprint density at radius 1 is 0.365 bits per heavy atom. The molecule has 0 aliphatic carbocycles. The van der Waals surface area contributed by atoms with Crippen LogP contribution in [0.15, 0.2) is 170 Å². The van der Waals surface area contributed by atoms with Crippen molar-refractivity contribution in [1.82, 2.24) is 19.1 Å². The van der Waals surface area contributed by atoms with Crippen LogP contribution in [0.4, 0.5) is 0 Å². The van der Waals surface area contributed by atoms with Crippen LogP contribution < -0.4 is 0 Å². The number of rotatable bonds is 5. The van der Waals surface area contributed by atoms with Gasteiger partial charge in [-0.15, -0.1) is 0 Å². The number of fused-ring (bicyclic) bond motifs is 6. The Labute approximate surface area is 301 Å². The normalized spacial score (nSPS) is 11.7. The number of aryl methyl sites for hydroxylation is 2. The Kier molecular flexibility index (Phi) is 6.90. The van der Waals surface area contributed by atoms with E-state index in [4.69, 9.17) is 9.97 Å². The molecule has 10 rings (SSSR count). The molecule has 0 N–H and O–H groups in total. The third kappa shape index (κ3) is 4.69. The van der Waals surface area contributed by atoms with E-state index in [9.17, 15) is 0 Å². The summed E-state index contributed by atoms with van der Waals surface area (Å²) in [6.07, 6.45) is 0. The summed E-state index contributed by atoms with van der Waals surface area (Å²) in [7, 11) is 0. The SMILES string of the molecule is Cc1ccc(-n2c3ccccc3c3ccccc32)cc1-c1cccc(-c2cccc(-c3c(C)cccc3-n3c4ccccc4c4ccccc43)n2)n1. The van der Waals surface area contributed by atoms with Crippen LogP contribution in [-0.2, 0) is 0 Å². The fraction of sp³-hybridized carbons (Fsp3) is 0.0417. The van der Waals surface area contributed by atoms with Crippen molar-refractivity contribution in [2.75, 3.05) is 0 Å². The third-order valence-corrected chi connectivity index (χ3v) is 10.4. The van der Waals surface area contributed by atoms with Gasteiger partial charge < -0.3 is 9.13 Å². The van der Waals surface area contributed by atoms with Crippen LogP contribution in [0, 0.1) is 13.8 Å². The van der Waals surface area contributed by atoms with Crippen LogP contribution in [0.3, 0.4) is 0 Å². The van der Waals surface area contributed by atoms with Gasteiger partial charge in [0.05, 0.1) is 50.5 Å². The van der Waals surface area contributed by atoms with Crippen LogP contribution in [0.2, 0.25) is 0 Å². The zero-order valence-electron chi connectivity index (χ0n) is 29.0. The highest BCUT2D eigenvalue weighted by atomic mass is 15.0. The summed E-state index contributed by atoms with van der Waals surface area (Å²) < 4.78 is 4.74. The van der Waals surface area contributed by atoms with E-state index in [1.165, 1.54) is 54.7 Å². The minimum Gasteiger partial charge on any atom is -0.309 e. The van der Waals surface area contributed by atoms with Gasteiger partial charge in [0, 0.05) is 38.4 Å². The minimum absolute atomic E-state index is 0.840. The number of pyridine rings is 2. The molecule has 6 aromatic carbocycles. The molecule has 10 aromatic rings. The fourth-order valence-corrected chi connectivity index (χ4v) is 8.02. The quantitative estimate of drug-likeness (QED) is 0.183. The Balaban J connectivity index is 1.09. The van der Waals surface area contributed by atoms with Crippen molar-refractivity contribution in [2.24, 2.45) is 0 Å². The van der Waals surface area contributed by atoms with Crippen molar-refractivity contribution in [3.8, 4) is 45.3 Å². The van der Waals surface area contributed by atoms with E-state index >= 15 is 0 Å². The number of hydrogen-bond acceptors (Lipinski definition) is 2. The number of benzene rings is 6. The van der Waals surface area contributed by atoms with Gasteiger partial charge in [0.25, 0.3) is 0 Å². The maximum atomic E-state index is 5.31. The molecular weight excluding hydrogens is 633 g/mol. The van der Waals surface area contributed by atoms with Crippen molar-refractivity contribution >= 4 is 43.6 Å². The summed E-state index contributed by atoms with van der Waals surface area (Å²) in [5, 5.41) is 4.99. The van der Waals surface area contributed by atoms with Crippen molar-refractivity contribution < 1.29 is 0 Å². The Morgan fingerprint density at radius 2 is 0.827 bits per heavy atom. The summed E-state index contributed by atoms with van der Waals surface area (Å²) >= 11 is 0. The maximum Gasteiger partial charge on any atom is 0.0893 e. The summed E-state index contributed by atoms with van der Waals surface area (Å²) in [6.45, 7) is 4.33. The van der Waals surface area contributed by atoms with E-state index in [-0.39, 0.29) is 0 Å². The van der Waals surface area contributed by atoms with Gasteiger partial charge in [0.15, 0.2) is 0 Å². The molecule has 0 spiro atoms. The molecule has 0 amide bonds. The fourth-order valence-electron chi connectivity index (χ4n) is 8.02. The smallest absolute Gasteiger partial charge is 0.0893 e. The lowest BCUT2D eigenvalue weighted by Gasteiger charge is -2.16. The molecule has 246 valence electrons. The Bertz CT molecular complexity index is 2890. The van der Waals surface area contributed by atoms with Gasteiger partial charge in [-0.1, -0.05) is 103 Å². The van der Waals surface area contributed by atoms with Gasteiger partial charge in [-0.3, -0.25) is 0 Å². The maximum absolute atomic E-state index is 5.31. The van der Waals surface area contributed by atoms with Crippen molar-refractivity contribution in [1.29, 1.82) is 0 Å². The Morgan fingerprint density at radius 3 is 1.40 bits per heavy atom. The molecule has 0 bridgehead atoms. The molecule has 0 unspecified atom stereocenters. The molecule has 0 aliphatic heterocycles. The molecule has 0 atom stereocenters. The molecule has 0 aliphatic rings. The summed E-state index contributed by atoms with van der Waals surface area (Å²) in [6, 6.07) is 60.3. The number of para-hydroxylation sites is 4. The van der Waals surface area contributed by atoms with E-state index in [1.807, 2.05) is 0 Å². The lowest BCUT2D eigenvalue weighted by Crippen LogP contribution is -2.01. The Hall–Kier alpha value is -6.78. The molecule has 0 fully saturated rings. The van der Waals surface area contributed by atoms with Gasteiger partial charge in [0.2, 0.25) is 0 Å². The summed E-state index contributed by atoms with van der Waals surface area (Å²) in [5.41, 5.74) is 15.1. The zero-order chi connectivity index (χ0) is 34.8. The molecule has 52 heavy (non-hydrogen) atoms. The van der Waals surface area contributed by atoms with Crippen LogP contribution in [0.5, 0.6) is 0 Å². The highest BCUT2D eigenvalue weighted by Crippen LogP contribution is 2.38. The highest BCUT2D eigenvalue weighted by Gasteiger charge is 2.19. The second-order valence-corrected chi connectivity index (χ2v) is 13.5. The first kappa shape index (κ1) is 30.1. The molecule has 4 heterocycles. The largest absolute Gasteiger partial charge is 0.309 e. The lowest BCUT2D eigenvalue weighted by molar-refractivity contribution is 1.16. The van der Waals surface area contributed by atoms with Crippen molar-refractivity contribution in [3.63, 3.8) is 0 Å².